The second-order valence-electron chi connectivity index (χ2n) is 12.7. The monoisotopic (exact) mass is 514 g/mol. The standard InChI is InChI=1S/C34H39FO3/c1-32(2)17-18-33(3,4)30-25(21-34(5,6)26-12-14-27(35)15-13-26)19-24(20-28(30)32)29(36)16-9-22-7-10-23(11-8-22)31(37)38/h7-16,19-20,29,36H,17-18,21H2,1-6H3,(H,37,38)/b16-9+. The predicted molar refractivity (Wildman–Crippen MR) is 152 cm³/mol. The fraction of sp³-hybridized carbons (Fsp3) is 0.382. The van der Waals surface area contributed by atoms with Crippen LogP contribution in [-0.4, -0.2) is 16.2 Å². The molecule has 0 spiro atoms. The minimum atomic E-state index is -0.962. The van der Waals surface area contributed by atoms with Gasteiger partial charge in [-0.25, -0.2) is 9.18 Å². The molecular formula is C34H39FO3. The molecule has 0 aromatic heterocycles. The molecule has 0 saturated carbocycles. The van der Waals surface area contributed by atoms with Crippen molar-refractivity contribution in [2.24, 2.45) is 0 Å². The van der Waals surface area contributed by atoms with Crippen LogP contribution < -0.4 is 0 Å². The first kappa shape index (κ1) is 27.8. The maximum Gasteiger partial charge on any atom is 0.335 e. The highest BCUT2D eigenvalue weighted by Gasteiger charge is 2.40. The number of rotatable bonds is 7. The van der Waals surface area contributed by atoms with Gasteiger partial charge in [-0.15, -0.1) is 0 Å². The number of carboxylic acid groups (broad SMARTS) is 1. The molecule has 1 aliphatic carbocycles. The van der Waals surface area contributed by atoms with Crippen molar-refractivity contribution in [3.8, 4) is 0 Å². The van der Waals surface area contributed by atoms with Gasteiger partial charge in [0.15, 0.2) is 0 Å². The van der Waals surface area contributed by atoms with Gasteiger partial charge in [0.2, 0.25) is 0 Å². The zero-order valence-electron chi connectivity index (χ0n) is 23.3. The number of benzene rings is 3. The van der Waals surface area contributed by atoms with Crippen molar-refractivity contribution in [3.05, 3.63) is 112 Å². The van der Waals surface area contributed by atoms with Gasteiger partial charge in [-0.3, -0.25) is 0 Å². The molecule has 4 rings (SSSR count). The summed E-state index contributed by atoms with van der Waals surface area (Å²) in [6.45, 7) is 13.6. The number of hydrogen-bond acceptors (Lipinski definition) is 2. The predicted octanol–water partition coefficient (Wildman–Crippen LogP) is 8.14. The molecule has 0 fully saturated rings. The van der Waals surface area contributed by atoms with Crippen LogP contribution in [0.1, 0.15) is 104 Å². The zero-order valence-corrected chi connectivity index (χ0v) is 23.3. The minimum absolute atomic E-state index is 0.00424. The number of fused-ring (bicyclic) bond motifs is 1. The van der Waals surface area contributed by atoms with Gasteiger partial charge in [0, 0.05) is 0 Å². The fourth-order valence-corrected chi connectivity index (χ4v) is 5.78. The third-order valence-corrected chi connectivity index (χ3v) is 8.25. The molecule has 0 radical (unpaired) electrons. The number of aliphatic hydroxyl groups excluding tert-OH is 1. The fourth-order valence-electron chi connectivity index (χ4n) is 5.78. The lowest BCUT2D eigenvalue weighted by Gasteiger charge is -2.44. The molecule has 2 N–H and O–H groups in total. The molecule has 0 heterocycles. The number of carboxylic acids is 1. The SMILES string of the molecule is CC(C)(Cc1cc(C(O)/C=C/c2ccc(C(=O)O)cc2)cc2c1C(C)(C)CCC2(C)C)c1ccc(F)cc1. The largest absolute Gasteiger partial charge is 0.478 e. The summed E-state index contributed by atoms with van der Waals surface area (Å²) in [6, 6.07) is 17.7. The Morgan fingerprint density at radius 2 is 1.58 bits per heavy atom. The van der Waals surface area contributed by atoms with Gasteiger partial charge in [0.25, 0.3) is 0 Å². The van der Waals surface area contributed by atoms with Crippen LogP contribution in [0.15, 0.2) is 66.7 Å². The summed E-state index contributed by atoms with van der Waals surface area (Å²) in [4.78, 5) is 11.1. The van der Waals surface area contributed by atoms with E-state index < -0.39 is 12.1 Å². The molecule has 38 heavy (non-hydrogen) atoms. The van der Waals surface area contributed by atoms with E-state index >= 15 is 0 Å². The lowest BCUT2D eigenvalue weighted by atomic mass is 9.60. The number of carbonyl (C=O) groups is 1. The molecule has 4 heteroatoms. The highest BCUT2D eigenvalue weighted by Crippen LogP contribution is 2.49. The van der Waals surface area contributed by atoms with Crippen molar-refractivity contribution in [3.63, 3.8) is 0 Å². The highest BCUT2D eigenvalue weighted by atomic mass is 19.1. The summed E-state index contributed by atoms with van der Waals surface area (Å²) < 4.78 is 13.6. The second-order valence-corrected chi connectivity index (χ2v) is 12.7. The molecule has 3 aromatic carbocycles. The number of halogens is 1. The number of hydrogen-bond donors (Lipinski definition) is 2. The maximum absolute atomic E-state index is 13.6. The van der Waals surface area contributed by atoms with Crippen molar-refractivity contribution in [1.82, 2.24) is 0 Å². The lowest BCUT2D eigenvalue weighted by molar-refractivity contribution is 0.0697. The van der Waals surface area contributed by atoms with E-state index in [9.17, 15) is 14.3 Å². The summed E-state index contributed by atoms with van der Waals surface area (Å²) in [5.41, 5.74) is 6.61. The summed E-state index contributed by atoms with van der Waals surface area (Å²) in [6.07, 6.45) is 5.69. The third kappa shape index (κ3) is 5.76. The highest BCUT2D eigenvalue weighted by molar-refractivity contribution is 5.87. The van der Waals surface area contributed by atoms with Crippen LogP contribution in [-0.2, 0) is 22.7 Å². The van der Waals surface area contributed by atoms with Crippen molar-refractivity contribution in [1.29, 1.82) is 0 Å². The van der Waals surface area contributed by atoms with E-state index in [1.807, 2.05) is 18.2 Å². The number of aromatic carboxylic acids is 1. The first-order chi connectivity index (χ1) is 17.7. The van der Waals surface area contributed by atoms with E-state index in [2.05, 4.69) is 53.7 Å². The van der Waals surface area contributed by atoms with E-state index in [4.69, 9.17) is 5.11 Å². The molecule has 3 aromatic rings. The Bertz CT molecular complexity index is 1350. The van der Waals surface area contributed by atoms with Gasteiger partial charge >= 0.3 is 5.97 Å². The Morgan fingerprint density at radius 1 is 0.974 bits per heavy atom. The number of aliphatic hydroxyl groups is 1. The molecule has 3 nitrogen and oxygen atoms in total. The van der Waals surface area contributed by atoms with Crippen molar-refractivity contribution < 1.29 is 19.4 Å². The van der Waals surface area contributed by atoms with Crippen molar-refractivity contribution in [2.45, 2.75) is 83.2 Å². The van der Waals surface area contributed by atoms with Crippen molar-refractivity contribution >= 4 is 12.0 Å². The average Bonchev–Trinajstić information content (AvgIpc) is 2.85. The van der Waals surface area contributed by atoms with E-state index in [0.717, 1.165) is 36.0 Å². The van der Waals surface area contributed by atoms with Crippen LogP contribution in [0.4, 0.5) is 4.39 Å². The van der Waals surface area contributed by atoms with E-state index in [-0.39, 0.29) is 27.6 Å². The molecule has 0 saturated heterocycles. The molecule has 1 unspecified atom stereocenters. The Labute approximate surface area is 226 Å². The van der Waals surface area contributed by atoms with Crippen LogP contribution in [0.2, 0.25) is 0 Å². The van der Waals surface area contributed by atoms with Crippen molar-refractivity contribution in [2.75, 3.05) is 0 Å². The smallest absolute Gasteiger partial charge is 0.335 e. The summed E-state index contributed by atoms with van der Waals surface area (Å²) in [5, 5.41) is 20.4. The zero-order chi connectivity index (χ0) is 27.9. The summed E-state index contributed by atoms with van der Waals surface area (Å²) >= 11 is 0. The van der Waals surface area contributed by atoms with Gasteiger partial charge in [-0.2, -0.15) is 0 Å². The second kappa shape index (κ2) is 10.1. The molecular weight excluding hydrogens is 475 g/mol. The molecule has 0 amide bonds. The summed E-state index contributed by atoms with van der Waals surface area (Å²) in [7, 11) is 0. The van der Waals surface area contributed by atoms with Gasteiger partial charge in [-0.05, 0) is 93.2 Å². The Hall–Kier alpha value is -3.24. The van der Waals surface area contributed by atoms with Gasteiger partial charge in [0.1, 0.15) is 5.82 Å². The van der Waals surface area contributed by atoms with Crippen LogP contribution in [0.5, 0.6) is 0 Å². The third-order valence-electron chi connectivity index (χ3n) is 8.25. The van der Waals surface area contributed by atoms with E-state index in [1.165, 1.54) is 28.8 Å². The summed E-state index contributed by atoms with van der Waals surface area (Å²) in [5.74, 6) is -1.20. The molecule has 200 valence electrons. The first-order valence-electron chi connectivity index (χ1n) is 13.3. The lowest BCUT2D eigenvalue weighted by Crippen LogP contribution is -2.36. The van der Waals surface area contributed by atoms with Gasteiger partial charge in [0.05, 0.1) is 11.7 Å². The van der Waals surface area contributed by atoms with E-state index in [1.54, 1.807) is 30.3 Å². The van der Waals surface area contributed by atoms with Gasteiger partial charge < -0.3 is 10.2 Å². The topological polar surface area (TPSA) is 57.5 Å². The minimum Gasteiger partial charge on any atom is -0.478 e. The normalized spacial score (nSPS) is 17.3. The molecule has 0 bridgehead atoms. The molecule has 1 atom stereocenters. The average molecular weight is 515 g/mol. The van der Waals surface area contributed by atoms with Crippen LogP contribution >= 0.6 is 0 Å². The van der Waals surface area contributed by atoms with E-state index in [0.29, 0.717) is 0 Å². The first-order valence-corrected chi connectivity index (χ1v) is 13.3. The van der Waals surface area contributed by atoms with Crippen LogP contribution in [0.25, 0.3) is 6.08 Å². The Balaban J connectivity index is 1.76. The Kier molecular flexibility index (Phi) is 7.42. The van der Waals surface area contributed by atoms with Gasteiger partial charge in [-0.1, -0.05) is 90.1 Å². The molecule has 0 aliphatic heterocycles. The molecule has 1 aliphatic rings. The quantitative estimate of drug-likeness (QED) is 0.335. The van der Waals surface area contributed by atoms with Crippen LogP contribution in [0.3, 0.4) is 0 Å². The maximum atomic E-state index is 13.6. The van der Waals surface area contributed by atoms with Crippen LogP contribution in [0, 0.1) is 5.82 Å². The Morgan fingerprint density at radius 3 is 2.18 bits per heavy atom.